The molecule has 71 heavy (non-hydrogen) atoms. The zero-order valence-corrected chi connectivity index (χ0v) is 48.2. The summed E-state index contributed by atoms with van der Waals surface area (Å²) in [6.07, 6.45) is 74.0. The molecule has 2 atom stereocenters. The number of esters is 1. The average molecular weight is 1000 g/mol. The molecule has 6 nitrogen and oxygen atoms in total. The van der Waals surface area contributed by atoms with Crippen LogP contribution in [0.1, 0.15) is 367 Å². The minimum Gasteiger partial charge on any atom is -0.466 e. The quantitative estimate of drug-likeness (QED) is 0.0320. The number of carbonyl (C=O) groups is 2. The van der Waals surface area contributed by atoms with Gasteiger partial charge in [0, 0.05) is 12.8 Å². The van der Waals surface area contributed by atoms with Gasteiger partial charge >= 0.3 is 5.97 Å². The van der Waals surface area contributed by atoms with Crippen LogP contribution < -0.4 is 5.32 Å². The predicted octanol–water partition coefficient (Wildman–Crippen LogP) is 20.4. The molecule has 0 aromatic rings. The molecule has 0 fully saturated rings. The molecule has 0 aliphatic rings. The summed E-state index contributed by atoms with van der Waals surface area (Å²) in [6, 6.07) is -0.627. The normalized spacial score (nSPS) is 12.6. The summed E-state index contributed by atoms with van der Waals surface area (Å²) in [5, 5.41) is 23.2. The summed E-state index contributed by atoms with van der Waals surface area (Å²) in [4.78, 5) is 24.6. The maximum Gasteiger partial charge on any atom is 0.305 e. The lowest BCUT2D eigenvalue weighted by Gasteiger charge is -2.20. The van der Waals surface area contributed by atoms with Crippen molar-refractivity contribution in [2.75, 3.05) is 13.2 Å². The van der Waals surface area contributed by atoms with Crippen molar-refractivity contribution in [1.29, 1.82) is 0 Å². The van der Waals surface area contributed by atoms with Crippen LogP contribution in [0.3, 0.4) is 0 Å². The van der Waals surface area contributed by atoms with Gasteiger partial charge in [0.05, 0.1) is 25.4 Å². The molecule has 3 N–H and O–H groups in total. The number of unbranched alkanes of at least 4 members (excludes halogenated alkanes) is 50. The topological polar surface area (TPSA) is 95.9 Å². The van der Waals surface area contributed by atoms with Gasteiger partial charge in [-0.3, -0.25) is 9.59 Å². The Labute approximate surface area is 444 Å². The highest BCUT2D eigenvalue weighted by Crippen LogP contribution is 2.18. The van der Waals surface area contributed by atoms with Gasteiger partial charge in [0.1, 0.15) is 0 Å². The number of rotatable bonds is 61. The van der Waals surface area contributed by atoms with Crippen LogP contribution >= 0.6 is 0 Å². The molecule has 1 amide bonds. The van der Waals surface area contributed by atoms with Crippen molar-refractivity contribution < 1.29 is 24.5 Å². The molecule has 0 heterocycles. The number of hydrogen-bond donors (Lipinski definition) is 3. The number of nitrogens with one attached hydrogen (secondary N) is 1. The number of aliphatic hydroxyl groups is 2. The van der Waals surface area contributed by atoms with E-state index in [0.29, 0.717) is 19.4 Å². The maximum atomic E-state index is 12.5. The number of ether oxygens (including phenoxy) is 1. The summed E-state index contributed by atoms with van der Waals surface area (Å²) < 4.78 is 5.49. The van der Waals surface area contributed by atoms with Crippen molar-refractivity contribution in [3.63, 3.8) is 0 Å². The molecular formula is C65H127NO5. The highest BCUT2D eigenvalue weighted by molar-refractivity contribution is 5.76. The zero-order valence-electron chi connectivity index (χ0n) is 48.2. The smallest absolute Gasteiger partial charge is 0.305 e. The third-order valence-corrected chi connectivity index (χ3v) is 15.3. The Morgan fingerprint density at radius 2 is 0.648 bits per heavy atom. The fraction of sp³-hybridized carbons (Fsp3) is 0.938. The molecule has 0 radical (unpaired) electrons. The van der Waals surface area contributed by atoms with Gasteiger partial charge in [0.15, 0.2) is 0 Å². The second kappa shape index (κ2) is 61.1. The van der Waals surface area contributed by atoms with Gasteiger partial charge < -0.3 is 20.3 Å². The second-order valence-electron chi connectivity index (χ2n) is 22.5. The monoisotopic (exact) mass is 1000 g/mol. The second-order valence-corrected chi connectivity index (χ2v) is 22.5. The Kier molecular flexibility index (Phi) is 59.9. The minimum absolute atomic E-state index is 0.0164. The van der Waals surface area contributed by atoms with Crippen molar-refractivity contribution in [1.82, 2.24) is 5.32 Å². The van der Waals surface area contributed by atoms with Gasteiger partial charge in [-0.25, -0.2) is 0 Å². The lowest BCUT2D eigenvalue weighted by Crippen LogP contribution is -2.45. The molecular weight excluding hydrogens is 875 g/mol. The molecule has 0 spiro atoms. The van der Waals surface area contributed by atoms with Crippen molar-refractivity contribution in [3.05, 3.63) is 12.2 Å². The maximum absolute atomic E-state index is 12.5. The van der Waals surface area contributed by atoms with Gasteiger partial charge in [0.25, 0.3) is 0 Å². The highest BCUT2D eigenvalue weighted by Gasteiger charge is 2.18. The molecule has 0 aliphatic heterocycles. The molecule has 0 aromatic carbocycles. The molecule has 0 rings (SSSR count). The number of aliphatic hydroxyl groups excluding tert-OH is 2. The molecule has 422 valence electrons. The van der Waals surface area contributed by atoms with E-state index in [1.54, 1.807) is 6.08 Å². The lowest BCUT2D eigenvalue weighted by molar-refractivity contribution is -0.143. The van der Waals surface area contributed by atoms with Gasteiger partial charge in [-0.05, 0) is 32.1 Å². The molecule has 0 aromatic heterocycles. The fourth-order valence-corrected chi connectivity index (χ4v) is 10.3. The molecule has 0 saturated carbocycles. The van der Waals surface area contributed by atoms with Crippen LogP contribution in [-0.2, 0) is 14.3 Å². The van der Waals surface area contributed by atoms with Crippen molar-refractivity contribution >= 4 is 11.9 Å². The van der Waals surface area contributed by atoms with Crippen LogP contribution in [0.15, 0.2) is 12.2 Å². The SMILES string of the molecule is CCCCCCCCCCCCCCCCC/C=C/C(O)C(CO)NC(=O)CCCCCCCCCCCCCCCCCCCCCCCCOC(=O)CCCCCCCCCCCCCCCCC. The van der Waals surface area contributed by atoms with Crippen LogP contribution in [0.4, 0.5) is 0 Å². The number of carbonyl (C=O) groups excluding carboxylic acids is 2. The summed E-state index contributed by atoms with van der Waals surface area (Å²) >= 11 is 0. The standard InChI is InChI=1S/C65H127NO5/c1-3-5-7-9-11-13-15-17-19-26-30-33-37-41-45-49-53-57-63(68)62(61-67)66-64(69)58-54-50-46-42-38-34-31-27-24-22-20-21-23-25-28-32-36-40-44-48-52-56-60-71-65(70)59-55-51-47-43-39-35-29-18-16-14-12-10-8-6-4-2/h53,57,62-63,67-68H,3-52,54-56,58-61H2,1-2H3,(H,66,69)/b57-53+. The molecule has 0 aliphatic carbocycles. The lowest BCUT2D eigenvalue weighted by atomic mass is 10.0. The Bertz CT molecular complexity index is 1060. The van der Waals surface area contributed by atoms with Gasteiger partial charge in [-0.2, -0.15) is 0 Å². The Morgan fingerprint density at radius 3 is 0.958 bits per heavy atom. The zero-order chi connectivity index (χ0) is 51.4. The molecule has 6 heteroatoms. The van der Waals surface area contributed by atoms with Crippen molar-refractivity contribution in [3.8, 4) is 0 Å². The Hall–Kier alpha value is -1.40. The third-order valence-electron chi connectivity index (χ3n) is 15.3. The molecule has 0 bridgehead atoms. The van der Waals surface area contributed by atoms with E-state index in [9.17, 15) is 19.8 Å². The molecule has 2 unspecified atom stereocenters. The number of hydrogen-bond acceptors (Lipinski definition) is 5. The van der Waals surface area contributed by atoms with Crippen molar-refractivity contribution in [2.24, 2.45) is 0 Å². The highest BCUT2D eigenvalue weighted by atomic mass is 16.5. The van der Waals surface area contributed by atoms with Gasteiger partial charge in [0.2, 0.25) is 5.91 Å². The van der Waals surface area contributed by atoms with E-state index in [2.05, 4.69) is 19.2 Å². The summed E-state index contributed by atoms with van der Waals surface area (Å²) in [7, 11) is 0. The van der Waals surface area contributed by atoms with Crippen LogP contribution in [0, 0.1) is 0 Å². The first-order valence-corrected chi connectivity index (χ1v) is 32.5. The van der Waals surface area contributed by atoms with Crippen molar-refractivity contribution in [2.45, 2.75) is 379 Å². The summed E-state index contributed by atoms with van der Waals surface area (Å²) in [6.45, 7) is 4.94. The van der Waals surface area contributed by atoms with E-state index >= 15 is 0 Å². The van der Waals surface area contributed by atoms with E-state index in [0.717, 1.165) is 38.5 Å². The summed E-state index contributed by atoms with van der Waals surface area (Å²) in [5.41, 5.74) is 0. The van der Waals surface area contributed by atoms with Gasteiger partial charge in [-0.1, -0.05) is 334 Å². The summed E-state index contributed by atoms with van der Waals surface area (Å²) in [5.74, 6) is -0.0485. The number of allylic oxidation sites excluding steroid dienone is 1. The molecule has 0 saturated heterocycles. The van der Waals surface area contributed by atoms with Gasteiger partial charge in [-0.15, -0.1) is 0 Å². The first-order valence-electron chi connectivity index (χ1n) is 32.5. The average Bonchev–Trinajstić information content (AvgIpc) is 3.37. The van der Waals surface area contributed by atoms with E-state index in [4.69, 9.17) is 4.74 Å². The van der Waals surface area contributed by atoms with E-state index in [1.807, 2.05) is 6.08 Å². The van der Waals surface area contributed by atoms with Crippen LogP contribution in [0.2, 0.25) is 0 Å². The third kappa shape index (κ3) is 57.7. The largest absolute Gasteiger partial charge is 0.466 e. The first-order chi connectivity index (χ1) is 35.0. The van der Waals surface area contributed by atoms with Crippen LogP contribution in [0.5, 0.6) is 0 Å². The Balaban J connectivity index is 3.39. The van der Waals surface area contributed by atoms with Crippen LogP contribution in [0.25, 0.3) is 0 Å². The predicted molar refractivity (Wildman–Crippen MR) is 310 cm³/mol. The van der Waals surface area contributed by atoms with E-state index in [-0.39, 0.29) is 18.5 Å². The van der Waals surface area contributed by atoms with Crippen LogP contribution in [-0.4, -0.2) is 47.4 Å². The first kappa shape index (κ1) is 69.6. The Morgan fingerprint density at radius 1 is 0.380 bits per heavy atom. The van der Waals surface area contributed by atoms with E-state index < -0.39 is 12.1 Å². The van der Waals surface area contributed by atoms with E-state index in [1.165, 1.54) is 302 Å². The number of amides is 1. The fourth-order valence-electron chi connectivity index (χ4n) is 10.3. The minimum atomic E-state index is -0.844.